The van der Waals surface area contributed by atoms with E-state index < -0.39 is 35.6 Å². The van der Waals surface area contributed by atoms with Gasteiger partial charge >= 0.3 is 6.09 Å². The smallest absolute Gasteiger partial charge is 0.408 e. The number of carbonyl (C=O) groups is 3. The highest BCUT2D eigenvalue weighted by Crippen LogP contribution is 2.33. The Kier molecular flexibility index (Phi) is 12.7. The van der Waals surface area contributed by atoms with Crippen molar-refractivity contribution < 1.29 is 24.2 Å². The molecule has 3 aromatic carbocycles. The third-order valence-electron chi connectivity index (χ3n) is 7.74. The first-order valence-corrected chi connectivity index (χ1v) is 16.2. The van der Waals surface area contributed by atoms with Crippen molar-refractivity contribution in [3.63, 3.8) is 0 Å². The molecule has 0 aromatic heterocycles. The maximum Gasteiger partial charge on any atom is 0.408 e. The number of halogens is 1. The average molecular weight is 650 g/mol. The van der Waals surface area contributed by atoms with Gasteiger partial charge in [0.25, 0.3) is 5.91 Å². The Morgan fingerprint density at radius 1 is 0.891 bits per heavy atom. The molecule has 0 fully saturated rings. The Morgan fingerprint density at radius 3 is 2.11 bits per heavy atom. The van der Waals surface area contributed by atoms with Gasteiger partial charge in [0.15, 0.2) is 0 Å². The zero-order valence-electron chi connectivity index (χ0n) is 28.2. The molecule has 0 aliphatic rings. The van der Waals surface area contributed by atoms with E-state index in [2.05, 4.69) is 24.5 Å². The number of para-hydroxylation sites is 1. The lowest BCUT2D eigenvalue weighted by molar-refractivity contribution is -0.143. The Hall–Kier alpha value is -4.04. The molecule has 9 heteroatoms. The number of aromatic hydroxyl groups is 1. The minimum absolute atomic E-state index is 0.0850. The molecule has 3 N–H and O–H groups in total. The van der Waals surface area contributed by atoms with Crippen LogP contribution in [0.5, 0.6) is 5.75 Å². The van der Waals surface area contributed by atoms with E-state index in [4.69, 9.17) is 16.3 Å². The summed E-state index contributed by atoms with van der Waals surface area (Å²) >= 11 is 6.53. The van der Waals surface area contributed by atoms with Crippen LogP contribution in [-0.2, 0) is 20.7 Å². The van der Waals surface area contributed by atoms with Crippen molar-refractivity contribution in [1.82, 2.24) is 10.2 Å². The van der Waals surface area contributed by atoms with E-state index in [1.54, 1.807) is 43.9 Å². The van der Waals surface area contributed by atoms with Crippen molar-refractivity contribution in [2.75, 3.05) is 5.32 Å². The fourth-order valence-electron chi connectivity index (χ4n) is 5.30. The van der Waals surface area contributed by atoms with E-state index in [1.807, 2.05) is 57.2 Å². The molecular weight excluding hydrogens is 602 g/mol. The summed E-state index contributed by atoms with van der Waals surface area (Å²) in [6, 6.07) is 16.8. The maximum atomic E-state index is 14.9. The number of aryl methyl sites for hydroxylation is 2. The number of alkyl carbamates (subject to hydrolysis) is 1. The van der Waals surface area contributed by atoms with Crippen molar-refractivity contribution in [1.29, 1.82) is 0 Å². The molecular formula is C37H48ClN3O5. The standard InChI is InChI=1S/C37H48ClN3O5/c1-23(2)16-17-26(5)41(35(44)31(39-36(45)46-37(6,7)8)22-27-18-20-28(42)21-19-27)33(29-14-10-9-12-24(29)3)34(43)40-32-25(4)13-11-15-30(32)38/h9-15,18-21,23,26,31,33,42H,16-17,22H2,1-8H3,(H,39,45)(H,40,43). The zero-order valence-corrected chi connectivity index (χ0v) is 28.9. The minimum atomic E-state index is -1.08. The molecule has 3 amide bonds. The number of rotatable bonds is 12. The second-order valence-electron chi connectivity index (χ2n) is 13.3. The summed E-state index contributed by atoms with van der Waals surface area (Å²) in [5, 5.41) is 16.1. The summed E-state index contributed by atoms with van der Waals surface area (Å²) in [5.74, 6) is -0.407. The number of phenolic OH excluding ortho intramolecular Hbond substituents is 1. The second kappa shape index (κ2) is 16.0. The molecule has 46 heavy (non-hydrogen) atoms. The predicted molar refractivity (Wildman–Crippen MR) is 184 cm³/mol. The third kappa shape index (κ3) is 10.2. The molecule has 0 heterocycles. The van der Waals surface area contributed by atoms with Crippen LogP contribution in [0.15, 0.2) is 66.7 Å². The predicted octanol–water partition coefficient (Wildman–Crippen LogP) is 8.13. The van der Waals surface area contributed by atoms with Crippen LogP contribution >= 0.6 is 11.6 Å². The van der Waals surface area contributed by atoms with Gasteiger partial charge in [0.1, 0.15) is 23.4 Å². The maximum absolute atomic E-state index is 14.9. The normalized spacial score (nSPS) is 13.4. The SMILES string of the molecule is Cc1ccccc1C(C(=O)Nc1c(C)cccc1Cl)N(C(=O)C(Cc1ccc(O)cc1)NC(=O)OC(C)(C)C)C(C)CCC(C)C. The monoisotopic (exact) mass is 649 g/mol. The van der Waals surface area contributed by atoms with Crippen LogP contribution in [0.1, 0.15) is 82.7 Å². The van der Waals surface area contributed by atoms with Crippen LogP contribution in [0.2, 0.25) is 5.02 Å². The van der Waals surface area contributed by atoms with E-state index in [0.717, 1.165) is 17.5 Å². The van der Waals surface area contributed by atoms with E-state index >= 15 is 0 Å². The van der Waals surface area contributed by atoms with Gasteiger partial charge in [-0.3, -0.25) is 9.59 Å². The van der Waals surface area contributed by atoms with Crippen molar-refractivity contribution in [2.24, 2.45) is 5.92 Å². The van der Waals surface area contributed by atoms with Gasteiger partial charge in [-0.05, 0) is 101 Å². The summed E-state index contributed by atoms with van der Waals surface area (Å²) in [6.07, 6.45) is 0.807. The molecule has 0 saturated carbocycles. The number of ether oxygens (including phenoxy) is 1. The molecule has 0 saturated heterocycles. The van der Waals surface area contributed by atoms with Crippen LogP contribution in [0.3, 0.4) is 0 Å². The minimum Gasteiger partial charge on any atom is -0.508 e. The molecule has 8 nitrogen and oxygen atoms in total. The molecule has 3 rings (SSSR count). The van der Waals surface area contributed by atoms with E-state index in [1.165, 1.54) is 12.1 Å². The number of nitrogens with one attached hydrogen (secondary N) is 2. The Labute approximate surface area is 278 Å². The molecule has 0 radical (unpaired) electrons. The first-order chi connectivity index (χ1) is 21.6. The van der Waals surface area contributed by atoms with Crippen LogP contribution in [-0.4, -0.2) is 45.6 Å². The van der Waals surface area contributed by atoms with E-state index in [-0.39, 0.29) is 18.2 Å². The van der Waals surface area contributed by atoms with Gasteiger partial charge in [-0.1, -0.05) is 74.0 Å². The number of hydrogen-bond donors (Lipinski definition) is 3. The first kappa shape index (κ1) is 36.4. The molecule has 0 spiro atoms. The van der Waals surface area contributed by atoms with Crippen LogP contribution in [0.4, 0.5) is 10.5 Å². The third-order valence-corrected chi connectivity index (χ3v) is 8.05. The van der Waals surface area contributed by atoms with Crippen molar-refractivity contribution in [3.8, 4) is 5.75 Å². The largest absolute Gasteiger partial charge is 0.508 e. The Morgan fingerprint density at radius 2 is 1.52 bits per heavy atom. The average Bonchev–Trinajstić information content (AvgIpc) is 2.96. The summed E-state index contributed by atoms with van der Waals surface area (Å²) in [6.45, 7) is 15.2. The van der Waals surface area contributed by atoms with Gasteiger partial charge in [0, 0.05) is 12.5 Å². The number of nitrogens with zero attached hydrogens (tertiary/aromatic N) is 1. The quantitative estimate of drug-likeness (QED) is 0.184. The summed E-state index contributed by atoms with van der Waals surface area (Å²) in [7, 11) is 0. The van der Waals surface area contributed by atoms with Gasteiger partial charge in [-0.2, -0.15) is 0 Å². The fourth-order valence-corrected chi connectivity index (χ4v) is 5.57. The summed E-state index contributed by atoms with van der Waals surface area (Å²) in [4.78, 5) is 44.1. The molecule has 3 unspecified atom stereocenters. The molecule has 3 aromatic rings. The van der Waals surface area contributed by atoms with Gasteiger partial charge in [0.05, 0.1) is 10.7 Å². The number of phenols is 1. The molecule has 0 bridgehead atoms. The fraction of sp³-hybridized carbons (Fsp3) is 0.432. The molecule has 0 aliphatic heterocycles. The van der Waals surface area contributed by atoms with Crippen molar-refractivity contribution in [3.05, 3.63) is 94.0 Å². The van der Waals surface area contributed by atoms with Crippen molar-refractivity contribution in [2.45, 2.75) is 98.4 Å². The zero-order chi connectivity index (χ0) is 34.2. The highest BCUT2D eigenvalue weighted by molar-refractivity contribution is 6.34. The van der Waals surface area contributed by atoms with Crippen LogP contribution < -0.4 is 10.6 Å². The van der Waals surface area contributed by atoms with Gasteiger partial charge < -0.3 is 25.4 Å². The van der Waals surface area contributed by atoms with Crippen LogP contribution in [0, 0.1) is 19.8 Å². The lowest BCUT2D eigenvalue weighted by atomic mass is 9.93. The highest BCUT2D eigenvalue weighted by atomic mass is 35.5. The Bertz CT molecular complexity index is 1480. The number of hydrogen-bond acceptors (Lipinski definition) is 5. The van der Waals surface area contributed by atoms with Gasteiger partial charge in [-0.25, -0.2) is 4.79 Å². The van der Waals surface area contributed by atoms with Crippen molar-refractivity contribution >= 4 is 35.2 Å². The molecule has 0 aliphatic carbocycles. The summed E-state index contributed by atoms with van der Waals surface area (Å²) < 4.78 is 5.56. The Balaban J connectivity index is 2.18. The summed E-state index contributed by atoms with van der Waals surface area (Å²) in [5.41, 5.74) is 2.68. The number of carbonyl (C=O) groups excluding carboxylic acids is 3. The lowest BCUT2D eigenvalue weighted by Crippen LogP contribution is -2.55. The number of anilines is 1. The highest BCUT2D eigenvalue weighted by Gasteiger charge is 2.39. The van der Waals surface area contributed by atoms with Gasteiger partial charge in [-0.15, -0.1) is 0 Å². The van der Waals surface area contributed by atoms with E-state index in [9.17, 15) is 19.5 Å². The first-order valence-electron chi connectivity index (χ1n) is 15.8. The number of benzene rings is 3. The van der Waals surface area contributed by atoms with Gasteiger partial charge in [0.2, 0.25) is 5.91 Å². The van der Waals surface area contributed by atoms with Crippen LogP contribution in [0.25, 0.3) is 0 Å². The van der Waals surface area contributed by atoms with E-state index in [0.29, 0.717) is 34.2 Å². The number of amides is 3. The molecule has 248 valence electrons. The second-order valence-corrected chi connectivity index (χ2v) is 13.7. The molecule has 3 atom stereocenters. The lowest BCUT2D eigenvalue weighted by Gasteiger charge is -2.39. The topological polar surface area (TPSA) is 108 Å².